The fraction of sp³-hybridized carbons (Fsp3) is 0.529. The molecule has 1 aromatic carbocycles. The van der Waals surface area contributed by atoms with Gasteiger partial charge >= 0.3 is 5.97 Å². The SMILES string of the molecule is CCC(O)CCCNC(=O)c1cc(C)c(OCC(=O)O)c(C)c1. The van der Waals surface area contributed by atoms with Crippen molar-refractivity contribution < 1.29 is 24.5 Å². The number of carboxylic acids is 1. The Kier molecular flexibility index (Phi) is 7.54. The van der Waals surface area contributed by atoms with Crippen LogP contribution in [-0.2, 0) is 4.79 Å². The van der Waals surface area contributed by atoms with E-state index in [4.69, 9.17) is 9.84 Å². The zero-order valence-electron chi connectivity index (χ0n) is 13.9. The van der Waals surface area contributed by atoms with Crippen molar-refractivity contribution in [1.29, 1.82) is 0 Å². The smallest absolute Gasteiger partial charge is 0.341 e. The van der Waals surface area contributed by atoms with Gasteiger partial charge in [-0.25, -0.2) is 4.79 Å². The summed E-state index contributed by atoms with van der Waals surface area (Å²) in [7, 11) is 0. The third-order valence-electron chi connectivity index (χ3n) is 3.53. The van der Waals surface area contributed by atoms with Crippen LogP contribution in [0.2, 0.25) is 0 Å². The summed E-state index contributed by atoms with van der Waals surface area (Å²) in [5.41, 5.74) is 1.95. The van der Waals surface area contributed by atoms with Crippen molar-refractivity contribution in [3.05, 3.63) is 28.8 Å². The molecule has 1 unspecified atom stereocenters. The number of ether oxygens (including phenoxy) is 1. The summed E-state index contributed by atoms with van der Waals surface area (Å²) >= 11 is 0. The maximum Gasteiger partial charge on any atom is 0.341 e. The minimum absolute atomic E-state index is 0.188. The highest BCUT2D eigenvalue weighted by Gasteiger charge is 2.12. The lowest BCUT2D eigenvalue weighted by atomic mass is 10.0. The molecule has 23 heavy (non-hydrogen) atoms. The Labute approximate surface area is 136 Å². The Morgan fingerprint density at radius 1 is 1.26 bits per heavy atom. The molecule has 0 bridgehead atoms. The molecule has 0 heterocycles. The van der Waals surface area contributed by atoms with E-state index in [1.165, 1.54) is 0 Å². The van der Waals surface area contributed by atoms with Gasteiger partial charge < -0.3 is 20.3 Å². The molecule has 0 aromatic heterocycles. The summed E-state index contributed by atoms with van der Waals surface area (Å²) in [5.74, 6) is -0.734. The summed E-state index contributed by atoms with van der Waals surface area (Å²) < 4.78 is 5.24. The number of aryl methyl sites for hydroxylation is 2. The number of amides is 1. The van der Waals surface area contributed by atoms with Crippen LogP contribution in [0.5, 0.6) is 5.75 Å². The largest absolute Gasteiger partial charge is 0.481 e. The number of carbonyl (C=O) groups is 2. The van der Waals surface area contributed by atoms with E-state index >= 15 is 0 Å². The monoisotopic (exact) mass is 323 g/mol. The molecule has 0 aliphatic carbocycles. The molecule has 1 atom stereocenters. The van der Waals surface area contributed by atoms with Crippen molar-refractivity contribution in [2.75, 3.05) is 13.2 Å². The molecule has 0 aliphatic rings. The highest BCUT2D eigenvalue weighted by Crippen LogP contribution is 2.24. The lowest BCUT2D eigenvalue weighted by Gasteiger charge is -2.13. The maximum atomic E-state index is 12.1. The van der Waals surface area contributed by atoms with Crippen molar-refractivity contribution >= 4 is 11.9 Å². The van der Waals surface area contributed by atoms with E-state index in [2.05, 4.69) is 5.32 Å². The minimum Gasteiger partial charge on any atom is -0.481 e. The number of aliphatic carboxylic acids is 1. The van der Waals surface area contributed by atoms with Crippen LogP contribution in [0.15, 0.2) is 12.1 Å². The first-order valence-electron chi connectivity index (χ1n) is 7.77. The Balaban J connectivity index is 2.63. The van der Waals surface area contributed by atoms with Crippen molar-refractivity contribution in [3.8, 4) is 5.75 Å². The van der Waals surface area contributed by atoms with Gasteiger partial charge in [-0.2, -0.15) is 0 Å². The molecule has 6 heteroatoms. The van der Waals surface area contributed by atoms with E-state index in [9.17, 15) is 14.7 Å². The molecule has 1 aromatic rings. The Hall–Kier alpha value is -2.08. The fourth-order valence-electron chi connectivity index (χ4n) is 2.29. The van der Waals surface area contributed by atoms with Crippen LogP contribution < -0.4 is 10.1 Å². The van der Waals surface area contributed by atoms with Gasteiger partial charge in [0.2, 0.25) is 0 Å². The van der Waals surface area contributed by atoms with E-state index in [1.807, 2.05) is 6.92 Å². The summed E-state index contributed by atoms with van der Waals surface area (Å²) in [6.07, 6.45) is 1.78. The van der Waals surface area contributed by atoms with Crippen LogP contribution in [0.4, 0.5) is 0 Å². The Morgan fingerprint density at radius 2 is 1.87 bits per heavy atom. The lowest BCUT2D eigenvalue weighted by molar-refractivity contribution is -0.139. The quantitative estimate of drug-likeness (QED) is 0.604. The van der Waals surface area contributed by atoms with E-state index < -0.39 is 12.6 Å². The summed E-state index contributed by atoms with van der Waals surface area (Å²) in [4.78, 5) is 22.7. The van der Waals surface area contributed by atoms with E-state index in [1.54, 1.807) is 26.0 Å². The number of benzene rings is 1. The number of aliphatic hydroxyl groups is 1. The molecular formula is C17H25NO5. The van der Waals surface area contributed by atoms with Crippen molar-refractivity contribution in [3.63, 3.8) is 0 Å². The fourth-order valence-corrected chi connectivity index (χ4v) is 2.29. The first-order chi connectivity index (χ1) is 10.8. The van der Waals surface area contributed by atoms with Gasteiger partial charge in [-0.15, -0.1) is 0 Å². The molecule has 1 rings (SSSR count). The van der Waals surface area contributed by atoms with E-state index in [0.29, 0.717) is 30.7 Å². The Bertz CT molecular complexity index is 533. The van der Waals surface area contributed by atoms with E-state index in [-0.39, 0.29) is 12.0 Å². The predicted molar refractivity (Wildman–Crippen MR) is 86.9 cm³/mol. The van der Waals surface area contributed by atoms with Crippen LogP contribution in [0, 0.1) is 13.8 Å². The average Bonchev–Trinajstić information content (AvgIpc) is 2.49. The third kappa shape index (κ3) is 6.28. The van der Waals surface area contributed by atoms with Gasteiger partial charge in [-0.3, -0.25) is 4.79 Å². The molecular weight excluding hydrogens is 298 g/mol. The molecule has 0 fully saturated rings. The summed E-state index contributed by atoms with van der Waals surface area (Å²) in [5, 5.41) is 21.0. The topological polar surface area (TPSA) is 95.9 Å². The van der Waals surface area contributed by atoms with Gasteiger partial charge in [0.1, 0.15) is 5.75 Å². The zero-order chi connectivity index (χ0) is 17.4. The lowest BCUT2D eigenvalue weighted by Crippen LogP contribution is -2.25. The van der Waals surface area contributed by atoms with Crippen LogP contribution in [-0.4, -0.2) is 41.3 Å². The van der Waals surface area contributed by atoms with Crippen LogP contribution in [0.1, 0.15) is 47.7 Å². The number of carboxylic acid groups (broad SMARTS) is 1. The Morgan fingerprint density at radius 3 is 2.39 bits per heavy atom. The number of nitrogens with one attached hydrogen (secondary N) is 1. The first-order valence-corrected chi connectivity index (χ1v) is 7.77. The second-order valence-electron chi connectivity index (χ2n) is 5.58. The van der Waals surface area contributed by atoms with Gasteiger partial charge in [0, 0.05) is 12.1 Å². The normalized spacial score (nSPS) is 11.8. The van der Waals surface area contributed by atoms with Crippen LogP contribution in [0.25, 0.3) is 0 Å². The maximum absolute atomic E-state index is 12.1. The number of hydrogen-bond donors (Lipinski definition) is 3. The number of carbonyl (C=O) groups excluding carboxylic acids is 1. The van der Waals surface area contributed by atoms with Gasteiger partial charge in [0.15, 0.2) is 6.61 Å². The molecule has 0 saturated heterocycles. The standard InChI is InChI=1S/C17H25NO5/c1-4-14(19)6-5-7-18-17(22)13-8-11(2)16(12(3)9-13)23-10-15(20)21/h8-9,14,19H,4-7,10H2,1-3H3,(H,18,22)(H,20,21). The third-order valence-corrected chi connectivity index (χ3v) is 3.53. The van der Waals surface area contributed by atoms with Gasteiger partial charge in [0.05, 0.1) is 6.10 Å². The molecule has 0 aliphatic heterocycles. The summed E-state index contributed by atoms with van der Waals surface area (Å²) in [6, 6.07) is 3.36. The second kappa shape index (κ2) is 9.15. The number of aliphatic hydroxyl groups excluding tert-OH is 1. The van der Waals surface area contributed by atoms with Crippen molar-refractivity contribution in [2.45, 2.75) is 46.1 Å². The van der Waals surface area contributed by atoms with Crippen molar-refractivity contribution in [1.82, 2.24) is 5.32 Å². The van der Waals surface area contributed by atoms with Gasteiger partial charge in [-0.1, -0.05) is 6.92 Å². The molecule has 0 radical (unpaired) electrons. The molecule has 1 amide bonds. The van der Waals surface area contributed by atoms with Crippen LogP contribution >= 0.6 is 0 Å². The highest BCUT2D eigenvalue weighted by atomic mass is 16.5. The molecule has 128 valence electrons. The number of rotatable bonds is 9. The van der Waals surface area contributed by atoms with Gasteiger partial charge in [-0.05, 0) is 56.4 Å². The molecule has 0 spiro atoms. The molecule has 3 N–H and O–H groups in total. The second-order valence-corrected chi connectivity index (χ2v) is 5.58. The predicted octanol–water partition coefficient (Wildman–Crippen LogP) is 2.05. The van der Waals surface area contributed by atoms with Crippen molar-refractivity contribution in [2.24, 2.45) is 0 Å². The van der Waals surface area contributed by atoms with E-state index in [0.717, 1.165) is 17.5 Å². The molecule has 0 saturated carbocycles. The number of hydrogen-bond acceptors (Lipinski definition) is 4. The van der Waals surface area contributed by atoms with Gasteiger partial charge in [0.25, 0.3) is 5.91 Å². The first kappa shape index (κ1) is 19.0. The average molecular weight is 323 g/mol. The highest BCUT2D eigenvalue weighted by molar-refractivity contribution is 5.94. The molecule has 6 nitrogen and oxygen atoms in total. The van der Waals surface area contributed by atoms with Crippen LogP contribution in [0.3, 0.4) is 0 Å². The zero-order valence-corrected chi connectivity index (χ0v) is 13.9. The minimum atomic E-state index is -1.04. The summed E-state index contributed by atoms with van der Waals surface area (Å²) in [6.45, 7) is 5.57.